The maximum Gasteiger partial charge on any atom is 0.264 e. The molecule has 1 aromatic carbocycles. The highest BCUT2D eigenvalue weighted by molar-refractivity contribution is 7.93. The second kappa shape index (κ2) is 7.71. The van der Waals surface area contributed by atoms with Crippen LogP contribution in [0.3, 0.4) is 0 Å². The summed E-state index contributed by atoms with van der Waals surface area (Å²) in [5.41, 5.74) is 3.05. The molecule has 0 saturated carbocycles. The molecule has 22 heavy (non-hydrogen) atoms. The Balaban J connectivity index is 0.00000484. The zero-order valence-corrected chi connectivity index (χ0v) is 14.2. The third-order valence-corrected chi connectivity index (χ3v) is 5.81. The maximum absolute atomic E-state index is 12.6. The molecule has 1 aromatic rings. The van der Waals surface area contributed by atoms with Crippen molar-refractivity contribution in [2.45, 2.75) is 36.8 Å². The predicted octanol–water partition coefficient (Wildman–Crippen LogP) is 1.74. The Labute approximate surface area is 133 Å². The molecule has 0 aliphatic carbocycles. The molecule has 0 atom stereocenters. The van der Waals surface area contributed by atoms with Gasteiger partial charge in [0.15, 0.2) is 14.6 Å². The van der Waals surface area contributed by atoms with Gasteiger partial charge in [-0.1, -0.05) is 12.1 Å². The number of carbonyl (C=O) groups excluding carboxylic acids is 1. The average Bonchev–Trinajstić information content (AvgIpc) is 2.48. The first-order chi connectivity index (χ1) is 10.3. The Morgan fingerprint density at radius 1 is 1.27 bits per heavy atom. The van der Waals surface area contributed by atoms with Crippen molar-refractivity contribution in [2.24, 2.45) is 0 Å². The van der Waals surface area contributed by atoms with Crippen LogP contribution in [0.2, 0.25) is 0 Å². The molecule has 0 saturated heterocycles. The number of hydrogen-bond donors (Lipinski definition) is 1. The molecule has 0 unspecified atom stereocenters. The number of rotatable bonds is 8. The zero-order valence-electron chi connectivity index (χ0n) is 13.4. The van der Waals surface area contributed by atoms with Crippen molar-refractivity contribution >= 4 is 15.7 Å². The van der Waals surface area contributed by atoms with Gasteiger partial charge in [0.1, 0.15) is 0 Å². The van der Waals surface area contributed by atoms with Gasteiger partial charge in [-0.05, 0) is 44.9 Å². The van der Waals surface area contributed by atoms with E-state index in [1.54, 1.807) is 12.1 Å². The molecule has 0 heterocycles. The van der Waals surface area contributed by atoms with E-state index >= 15 is 0 Å². The number of benzene rings is 1. The summed E-state index contributed by atoms with van der Waals surface area (Å²) in [6.07, 6.45) is 0.710. The van der Waals surface area contributed by atoms with Crippen LogP contribution in [-0.2, 0) is 30.6 Å². The zero-order chi connectivity index (χ0) is 16.8. The van der Waals surface area contributed by atoms with Crippen LogP contribution in [0.25, 0.3) is 0 Å². The van der Waals surface area contributed by atoms with E-state index in [1.807, 2.05) is 6.92 Å². The second-order valence-electron chi connectivity index (χ2n) is 5.24. The Morgan fingerprint density at radius 2 is 1.86 bits per heavy atom. The summed E-state index contributed by atoms with van der Waals surface area (Å²) in [6, 6.07) is 6.49. The van der Waals surface area contributed by atoms with E-state index < -0.39 is 20.5 Å². The first-order valence-corrected chi connectivity index (χ1v) is 8.50. The Morgan fingerprint density at radius 3 is 2.36 bits per heavy atom. The smallest absolute Gasteiger partial charge is 0.264 e. The van der Waals surface area contributed by atoms with E-state index in [0.29, 0.717) is 19.6 Å². The van der Waals surface area contributed by atoms with E-state index in [1.165, 1.54) is 33.1 Å². The van der Waals surface area contributed by atoms with Crippen LogP contribution < -0.4 is 5.48 Å². The number of amides is 1. The molecule has 6 nitrogen and oxygen atoms in total. The van der Waals surface area contributed by atoms with Gasteiger partial charge in [-0.2, -0.15) is 0 Å². The van der Waals surface area contributed by atoms with Gasteiger partial charge in [0.25, 0.3) is 5.91 Å². The van der Waals surface area contributed by atoms with Crippen molar-refractivity contribution < 1.29 is 24.2 Å². The van der Waals surface area contributed by atoms with Crippen molar-refractivity contribution in [1.29, 1.82) is 0 Å². The van der Waals surface area contributed by atoms with Crippen molar-refractivity contribution in [3.8, 4) is 0 Å². The Bertz CT molecular complexity index is 599. The Kier molecular flexibility index (Phi) is 6.52. The van der Waals surface area contributed by atoms with Crippen molar-refractivity contribution in [3.05, 3.63) is 29.8 Å². The number of hydroxylamine groups is 1. The molecular formula is C15H25NO5S. The van der Waals surface area contributed by atoms with E-state index in [2.05, 4.69) is 10.3 Å². The lowest BCUT2D eigenvalue weighted by molar-refractivity contribution is -0.133. The highest BCUT2D eigenvalue weighted by Crippen LogP contribution is 2.26. The normalized spacial score (nSPS) is 12.2. The molecular weight excluding hydrogens is 306 g/mol. The predicted molar refractivity (Wildman–Crippen MR) is 85.2 cm³/mol. The van der Waals surface area contributed by atoms with Gasteiger partial charge in [-0.15, -0.1) is 0 Å². The number of nitrogens with one attached hydrogen (secondary N) is 1. The lowest BCUT2D eigenvalue weighted by Gasteiger charge is -2.23. The molecule has 7 heteroatoms. The highest BCUT2D eigenvalue weighted by atomic mass is 32.2. The van der Waals surface area contributed by atoms with Crippen molar-refractivity contribution in [2.75, 3.05) is 20.3 Å². The fraction of sp³-hybridized carbons (Fsp3) is 0.533. The fourth-order valence-electron chi connectivity index (χ4n) is 1.80. The third-order valence-electron chi connectivity index (χ3n) is 3.39. The standard InChI is InChI=1S/C15H23NO5S.H2/c1-5-21-11-10-12-6-8-13(9-7-12)22(18,19)15(2,3)14(17)16-20-4;/h6-9H,5,10-11H2,1-4H3,(H,16,17);1H. The molecule has 0 aliphatic rings. The quantitative estimate of drug-likeness (QED) is 0.579. The number of carbonyl (C=O) groups is 1. The molecule has 1 rings (SSSR count). The lowest BCUT2D eigenvalue weighted by Crippen LogP contribution is -2.47. The molecule has 0 fully saturated rings. The summed E-state index contributed by atoms with van der Waals surface area (Å²) < 4.78 is 28.8. The Hall–Kier alpha value is -1.44. The van der Waals surface area contributed by atoms with Gasteiger partial charge in [0.05, 0.1) is 18.6 Å². The van der Waals surface area contributed by atoms with Gasteiger partial charge in [0.2, 0.25) is 0 Å². The minimum atomic E-state index is -3.83. The van der Waals surface area contributed by atoms with Gasteiger partial charge in [-0.25, -0.2) is 13.9 Å². The second-order valence-corrected chi connectivity index (χ2v) is 7.74. The minimum Gasteiger partial charge on any atom is -0.381 e. The summed E-state index contributed by atoms with van der Waals surface area (Å²) in [6.45, 7) is 5.85. The van der Waals surface area contributed by atoms with Crippen LogP contribution in [0.5, 0.6) is 0 Å². The molecule has 1 amide bonds. The largest absolute Gasteiger partial charge is 0.381 e. The van der Waals surface area contributed by atoms with Crippen molar-refractivity contribution in [1.82, 2.24) is 5.48 Å². The van der Waals surface area contributed by atoms with Crippen LogP contribution in [-0.4, -0.2) is 39.4 Å². The minimum absolute atomic E-state index is 0. The summed E-state index contributed by atoms with van der Waals surface area (Å²) in [4.78, 5) is 16.5. The monoisotopic (exact) mass is 331 g/mol. The van der Waals surface area contributed by atoms with E-state index in [4.69, 9.17) is 4.74 Å². The summed E-state index contributed by atoms with van der Waals surface area (Å²) in [7, 11) is -2.57. The van der Waals surface area contributed by atoms with Crippen molar-refractivity contribution in [3.63, 3.8) is 0 Å². The summed E-state index contributed by atoms with van der Waals surface area (Å²) >= 11 is 0. The number of hydrogen-bond acceptors (Lipinski definition) is 5. The van der Waals surface area contributed by atoms with Gasteiger partial charge >= 0.3 is 0 Å². The van der Waals surface area contributed by atoms with Crippen LogP contribution in [0.15, 0.2) is 29.2 Å². The first-order valence-electron chi connectivity index (χ1n) is 7.02. The first kappa shape index (κ1) is 18.6. The molecule has 126 valence electrons. The maximum atomic E-state index is 12.6. The molecule has 1 N–H and O–H groups in total. The van der Waals surface area contributed by atoms with Crippen LogP contribution in [0, 0.1) is 0 Å². The van der Waals surface area contributed by atoms with Gasteiger partial charge in [-0.3, -0.25) is 9.63 Å². The van der Waals surface area contributed by atoms with Gasteiger partial charge in [0, 0.05) is 8.03 Å². The number of sulfone groups is 1. The van der Waals surface area contributed by atoms with Crippen LogP contribution >= 0.6 is 0 Å². The molecule has 0 radical (unpaired) electrons. The van der Waals surface area contributed by atoms with E-state index in [-0.39, 0.29) is 6.32 Å². The number of ether oxygens (including phenoxy) is 1. The highest BCUT2D eigenvalue weighted by Gasteiger charge is 2.42. The van der Waals surface area contributed by atoms with Gasteiger partial charge < -0.3 is 4.74 Å². The lowest BCUT2D eigenvalue weighted by atomic mass is 10.2. The SMILES string of the molecule is CCOCCc1ccc(S(=O)(=O)C(C)(C)C(=O)NOC)cc1.[HH]. The molecule has 0 bridgehead atoms. The average molecular weight is 331 g/mol. The summed E-state index contributed by atoms with van der Waals surface area (Å²) in [5.74, 6) is -0.713. The topological polar surface area (TPSA) is 81.7 Å². The third kappa shape index (κ3) is 4.06. The van der Waals surface area contributed by atoms with Crippen LogP contribution in [0.4, 0.5) is 0 Å². The molecule has 0 aromatic heterocycles. The molecule has 0 spiro atoms. The van der Waals surface area contributed by atoms with E-state index in [9.17, 15) is 13.2 Å². The molecule has 0 aliphatic heterocycles. The summed E-state index contributed by atoms with van der Waals surface area (Å²) in [5, 5.41) is 0. The fourth-order valence-corrected chi connectivity index (χ4v) is 3.17. The van der Waals surface area contributed by atoms with E-state index in [0.717, 1.165) is 5.56 Å². The van der Waals surface area contributed by atoms with Crippen LogP contribution in [0.1, 0.15) is 27.8 Å².